The summed E-state index contributed by atoms with van der Waals surface area (Å²) in [6.07, 6.45) is 0. The first-order valence-electron chi connectivity index (χ1n) is 9.34. The maximum atomic E-state index is 11.5. The number of nitrogens with one attached hydrogen (secondary N) is 2. The molecular weight excluding hydrogens is 427 g/mol. The van der Waals surface area contributed by atoms with Gasteiger partial charge in [-0.25, -0.2) is 9.59 Å². The maximum absolute atomic E-state index is 11.5. The third-order valence-electron chi connectivity index (χ3n) is 4.24. The van der Waals surface area contributed by atoms with E-state index in [1.54, 1.807) is 13.8 Å². The highest BCUT2D eigenvalue weighted by Crippen LogP contribution is 2.28. The molecule has 0 spiro atoms. The fourth-order valence-electron chi connectivity index (χ4n) is 2.90. The van der Waals surface area contributed by atoms with E-state index in [1.165, 1.54) is 0 Å². The molecule has 2 aromatic carbocycles. The number of H-pyrrole nitrogens is 2. The monoisotopic (exact) mass is 446 g/mol. The van der Waals surface area contributed by atoms with Crippen molar-refractivity contribution < 1.29 is 19.1 Å². The molecule has 0 radical (unpaired) electrons. The van der Waals surface area contributed by atoms with Crippen LogP contribution in [0.3, 0.4) is 0 Å². The van der Waals surface area contributed by atoms with Gasteiger partial charge >= 0.3 is 11.9 Å². The molecule has 156 valence electrons. The van der Waals surface area contributed by atoms with E-state index in [0.717, 1.165) is 21.8 Å². The van der Waals surface area contributed by atoms with Gasteiger partial charge in [-0.3, -0.25) is 0 Å². The summed E-state index contributed by atoms with van der Waals surface area (Å²) in [6.45, 7) is 4.19. The molecule has 8 heteroatoms. The van der Waals surface area contributed by atoms with E-state index in [0.29, 0.717) is 34.6 Å². The molecular formula is C22H20Cl2N2O4. The van der Waals surface area contributed by atoms with Crippen LogP contribution in [0, 0.1) is 0 Å². The minimum Gasteiger partial charge on any atom is -0.461 e. The van der Waals surface area contributed by atoms with Crippen molar-refractivity contribution in [1.29, 1.82) is 0 Å². The highest BCUT2D eigenvalue weighted by molar-refractivity contribution is 6.39. The summed E-state index contributed by atoms with van der Waals surface area (Å²) in [7, 11) is 0. The number of hydrogen-bond acceptors (Lipinski definition) is 4. The van der Waals surface area contributed by atoms with Gasteiger partial charge in [0.25, 0.3) is 0 Å². The number of fused-ring (bicyclic) bond motifs is 2. The number of aromatic amines is 2. The van der Waals surface area contributed by atoms with E-state index in [-0.39, 0.29) is 0 Å². The fourth-order valence-corrected chi connectivity index (χ4v) is 3.48. The number of para-hydroxylation sites is 2. The molecule has 0 bridgehead atoms. The lowest BCUT2D eigenvalue weighted by Gasteiger charge is -1.98. The number of aromatic nitrogens is 2. The van der Waals surface area contributed by atoms with Crippen LogP contribution in [0.25, 0.3) is 21.8 Å². The minimum atomic E-state index is -0.418. The van der Waals surface area contributed by atoms with Crippen LogP contribution in [-0.2, 0) is 9.47 Å². The summed E-state index contributed by atoms with van der Waals surface area (Å²) in [6, 6.07) is 14.9. The van der Waals surface area contributed by atoms with Gasteiger partial charge in [-0.05, 0) is 26.0 Å². The lowest BCUT2D eigenvalue weighted by Crippen LogP contribution is -2.05. The van der Waals surface area contributed by atoms with Gasteiger partial charge in [-0.1, -0.05) is 59.6 Å². The van der Waals surface area contributed by atoms with Crippen LogP contribution in [0.15, 0.2) is 48.5 Å². The number of halogens is 2. The average Bonchev–Trinajstić information content (AvgIpc) is 3.27. The van der Waals surface area contributed by atoms with Crippen LogP contribution in [0.2, 0.25) is 10.0 Å². The van der Waals surface area contributed by atoms with E-state index in [2.05, 4.69) is 9.97 Å². The summed E-state index contributed by atoms with van der Waals surface area (Å²) >= 11 is 12.1. The van der Waals surface area contributed by atoms with Crippen molar-refractivity contribution in [2.75, 3.05) is 13.2 Å². The average molecular weight is 447 g/mol. The smallest absolute Gasteiger partial charge is 0.356 e. The molecule has 0 aliphatic rings. The van der Waals surface area contributed by atoms with Crippen molar-refractivity contribution in [1.82, 2.24) is 9.97 Å². The standard InChI is InChI=1S/2C11H10ClNO2/c2*1-2-15-11(14)10-9(12)7-5-3-4-6-8(7)13-10/h2*3-6,13H,2H2,1H3. The second-order valence-electron chi connectivity index (χ2n) is 6.16. The second-order valence-corrected chi connectivity index (χ2v) is 6.92. The van der Waals surface area contributed by atoms with E-state index in [1.807, 2.05) is 48.5 Å². The zero-order valence-corrected chi connectivity index (χ0v) is 17.9. The highest BCUT2D eigenvalue weighted by atomic mass is 35.5. The van der Waals surface area contributed by atoms with Crippen LogP contribution in [-0.4, -0.2) is 35.1 Å². The molecule has 0 atom stereocenters. The highest BCUT2D eigenvalue weighted by Gasteiger charge is 2.17. The number of carbonyl (C=O) groups excluding carboxylic acids is 2. The van der Waals surface area contributed by atoms with Gasteiger partial charge < -0.3 is 19.4 Å². The Morgan fingerprint density at radius 1 is 0.733 bits per heavy atom. The molecule has 2 N–H and O–H groups in total. The number of esters is 2. The van der Waals surface area contributed by atoms with Gasteiger partial charge in [0.15, 0.2) is 0 Å². The largest absolute Gasteiger partial charge is 0.461 e. The van der Waals surface area contributed by atoms with Gasteiger partial charge in [-0.2, -0.15) is 0 Å². The Hall–Kier alpha value is -2.96. The third-order valence-corrected chi connectivity index (χ3v) is 5.03. The van der Waals surface area contributed by atoms with Crippen LogP contribution in [0.5, 0.6) is 0 Å². The van der Waals surface area contributed by atoms with Crippen molar-refractivity contribution in [2.45, 2.75) is 13.8 Å². The van der Waals surface area contributed by atoms with Crippen LogP contribution in [0.1, 0.15) is 34.8 Å². The van der Waals surface area contributed by atoms with Crippen molar-refractivity contribution in [3.8, 4) is 0 Å². The molecule has 0 saturated carbocycles. The first kappa shape index (κ1) is 21.7. The number of benzene rings is 2. The Labute approximate surface area is 183 Å². The van der Waals surface area contributed by atoms with Gasteiger partial charge in [-0.15, -0.1) is 0 Å². The van der Waals surface area contributed by atoms with E-state index >= 15 is 0 Å². The molecule has 0 aliphatic heterocycles. The first-order chi connectivity index (χ1) is 14.5. The number of carbonyl (C=O) groups is 2. The van der Waals surface area contributed by atoms with Crippen LogP contribution < -0.4 is 0 Å². The summed E-state index contributed by atoms with van der Waals surface area (Å²) in [5.41, 5.74) is 2.32. The van der Waals surface area contributed by atoms with Crippen molar-refractivity contribution in [2.24, 2.45) is 0 Å². The molecule has 4 aromatic rings. The molecule has 2 aromatic heterocycles. The summed E-state index contributed by atoms with van der Waals surface area (Å²) in [5.74, 6) is -0.836. The van der Waals surface area contributed by atoms with Crippen molar-refractivity contribution >= 4 is 56.9 Å². The molecule has 0 fully saturated rings. The van der Waals surface area contributed by atoms with Crippen LogP contribution >= 0.6 is 23.2 Å². The SMILES string of the molecule is CCOC(=O)c1[nH]c2ccccc2c1Cl.CCOC(=O)c1[nH]c2ccccc2c1Cl. The Kier molecular flexibility index (Phi) is 7.03. The van der Waals surface area contributed by atoms with Crippen LogP contribution in [0.4, 0.5) is 0 Å². The minimum absolute atomic E-state index is 0.319. The zero-order chi connectivity index (χ0) is 21.7. The predicted molar refractivity (Wildman–Crippen MR) is 119 cm³/mol. The van der Waals surface area contributed by atoms with Crippen molar-refractivity contribution in [3.63, 3.8) is 0 Å². The number of hydrogen-bond donors (Lipinski definition) is 2. The Balaban J connectivity index is 0.000000171. The molecule has 0 saturated heterocycles. The van der Waals surface area contributed by atoms with Crippen molar-refractivity contribution in [3.05, 3.63) is 70.0 Å². The molecule has 0 amide bonds. The number of rotatable bonds is 4. The normalized spacial score (nSPS) is 10.5. The summed E-state index contributed by atoms with van der Waals surface area (Å²) in [5, 5.41) is 2.51. The molecule has 4 rings (SSSR count). The molecule has 30 heavy (non-hydrogen) atoms. The van der Waals surface area contributed by atoms with E-state index in [4.69, 9.17) is 32.7 Å². The van der Waals surface area contributed by atoms with Gasteiger partial charge in [0, 0.05) is 21.8 Å². The van der Waals surface area contributed by atoms with Gasteiger partial charge in [0.1, 0.15) is 11.4 Å². The predicted octanol–water partition coefficient (Wildman–Crippen LogP) is 6.00. The van der Waals surface area contributed by atoms with Gasteiger partial charge in [0.2, 0.25) is 0 Å². The molecule has 0 aliphatic carbocycles. The Bertz CT molecular complexity index is 1100. The fraction of sp³-hybridized carbons (Fsp3) is 0.182. The summed E-state index contributed by atoms with van der Waals surface area (Å²) < 4.78 is 9.77. The van der Waals surface area contributed by atoms with E-state index in [9.17, 15) is 9.59 Å². The summed E-state index contributed by atoms with van der Waals surface area (Å²) in [4.78, 5) is 28.9. The zero-order valence-electron chi connectivity index (χ0n) is 16.4. The number of ether oxygens (including phenoxy) is 2. The third kappa shape index (κ3) is 4.45. The molecule has 6 nitrogen and oxygen atoms in total. The topological polar surface area (TPSA) is 84.2 Å². The van der Waals surface area contributed by atoms with Gasteiger partial charge in [0.05, 0.1) is 23.3 Å². The quantitative estimate of drug-likeness (QED) is 0.376. The Morgan fingerprint density at radius 2 is 1.10 bits per heavy atom. The first-order valence-corrected chi connectivity index (χ1v) is 10.1. The second kappa shape index (κ2) is 9.69. The lowest BCUT2D eigenvalue weighted by molar-refractivity contribution is 0.0511. The Morgan fingerprint density at radius 3 is 1.43 bits per heavy atom. The molecule has 0 unspecified atom stereocenters. The molecule has 2 heterocycles. The maximum Gasteiger partial charge on any atom is 0.356 e. The van der Waals surface area contributed by atoms with E-state index < -0.39 is 11.9 Å². The lowest BCUT2D eigenvalue weighted by atomic mass is 10.2.